The fourth-order valence-corrected chi connectivity index (χ4v) is 3.07. The molecule has 0 atom stereocenters. The van der Waals surface area contributed by atoms with Crippen molar-refractivity contribution in [1.82, 2.24) is 0 Å². The second kappa shape index (κ2) is 11.1. The van der Waals surface area contributed by atoms with E-state index in [4.69, 9.17) is 9.47 Å². The topological polar surface area (TPSA) is 47.6 Å². The van der Waals surface area contributed by atoms with Crippen LogP contribution in [0.1, 0.15) is 37.3 Å². The number of hydrogen-bond donors (Lipinski definition) is 1. The SMILES string of the molecule is CC(C)c1ccc(OCC(=O)Nc2cccc(OCCCc3ccccc3)c2)cc1. The normalized spacial score (nSPS) is 10.6. The summed E-state index contributed by atoms with van der Waals surface area (Å²) >= 11 is 0. The zero-order valence-electron chi connectivity index (χ0n) is 17.6. The number of carbonyl (C=O) groups excluding carboxylic acids is 1. The Morgan fingerprint density at radius 1 is 0.867 bits per heavy atom. The lowest BCUT2D eigenvalue weighted by Gasteiger charge is -2.11. The second-order valence-corrected chi connectivity index (χ2v) is 7.53. The lowest BCUT2D eigenvalue weighted by Crippen LogP contribution is -2.20. The zero-order valence-corrected chi connectivity index (χ0v) is 17.6. The van der Waals surface area contributed by atoms with Crippen LogP contribution in [-0.4, -0.2) is 19.1 Å². The molecule has 0 radical (unpaired) electrons. The molecule has 1 N–H and O–H groups in total. The number of benzene rings is 3. The molecule has 0 aromatic heterocycles. The van der Waals surface area contributed by atoms with E-state index in [9.17, 15) is 4.79 Å². The van der Waals surface area contributed by atoms with E-state index >= 15 is 0 Å². The minimum atomic E-state index is -0.204. The summed E-state index contributed by atoms with van der Waals surface area (Å²) in [6.07, 6.45) is 1.91. The van der Waals surface area contributed by atoms with Crippen LogP contribution in [0.2, 0.25) is 0 Å². The third-order valence-electron chi connectivity index (χ3n) is 4.76. The third kappa shape index (κ3) is 6.96. The molecule has 0 heterocycles. The van der Waals surface area contributed by atoms with Crippen LogP contribution in [0.5, 0.6) is 11.5 Å². The van der Waals surface area contributed by atoms with Gasteiger partial charge in [-0.3, -0.25) is 4.79 Å². The molecule has 3 rings (SSSR count). The number of aryl methyl sites for hydroxylation is 1. The quantitative estimate of drug-likeness (QED) is 0.433. The molecule has 3 aromatic rings. The van der Waals surface area contributed by atoms with Gasteiger partial charge in [0.25, 0.3) is 5.91 Å². The first-order valence-electron chi connectivity index (χ1n) is 10.4. The number of nitrogens with one attached hydrogen (secondary N) is 1. The average molecular weight is 404 g/mol. The molecule has 4 heteroatoms. The van der Waals surface area contributed by atoms with Crippen LogP contribution in [0.4, 0.5) is 5.69 Å². The van der Waals surface area contributed by atoms with Gasteiger partial charge in [0.2, 0.25) is 0 Å². The van der Waals surface area contributed by atoms with Gasteiger partial charge < -0.3 is 14.8 Å². The molecule has 30 heavy (non-hydrogen) atoms. The third-order valence-corrected chi connectivity index (χ3v) is 4.76. The summed E-state index contributed by atoms with van der Waals surface area (Å²) in [6, 6.07) is 25.6. The van der Waals surface area contributed by atoms with Crippen molar-refractivity contribution in [2.24, 2.45) is 0 Å². The van der Waals surface area contributed by atoms with Gasteiger partial charge in [0.05, 0.1) is 6.61 Å². The lowest BCUT2D eigenvalue weighted by molar-refractivity contribution is -0.118. The molecule has 0 fully saturated rings. The van der Waals surface area contributed by atoms with E-state index in [-0.39, 0.29) is 12.5 Å². The van der Waals surface area contributed by atoms with Crippen LogP contribution in [0.3, 0.4) is 0 Å². The van der Waals surface area contributed by atoms with Crippen molar-refractivity contribution in [3.05, 3.63) is 90.0 Å². The maximum atomic E-state index is 12.2. The van der Waals surface area contributed by atoms with Crippen molar-refractivity contribution in [3.63, 3.8) is 0 Å². The Hall–Kier alpha value is -3.27. The Bertz CT molecular complexity index is 921. The molecule has 0 aliphatic rings. The highest BCUT2D eigenvalue weighted by Gasteiger charge is 2.06. The van der Waals surface area contributed by atoms with Crippen LogP contribution < -0.4 is 14.8 Å². The molecule has 0 aliphatic carbocycles. The van der Waals surface area contributed by atoms with Gasteiger partial charge in [0, 0.05) is 11.8 Å². The highest BCUT2D eigenvalue weighted by Crippen LogP contribution is 2.20. The molecule has 0 aliphatic heterocycles. The van der Waals surface area contributed by atoms with Gasteiger partial charge in [0.1, 0.15) is 11.5 Å². The highest BCUT2D eigenvalue weighted by atomic mass is 16.5. The standard InChI is InChI=1S/C26H29NO3/c1-20(2)22-13-15-24(16-14-22)30-19-26(28)27-23-11-6-12-25(18-23)29-17-7-10-21-8-4-3-5-9-21/h3-6,8-9,11-16,18,20H,7,10,17,19H2,1-2H3,(H,27,28). The molecule has 0 unspecified atom stereocenters. The number of ether oxygens (including phenoxy) is 2. The smallest absolute Gasteiger partial charge is 0.262 e. The van der Waals surface area contributed by atoms with E-state index in [1.807, 2.05) is 66.7 Å². The first-order chi connectivity index (χ1) is 14.6. The summed E-state index contributed by atoms with van der Waals surface area (Å²) in [6.45, 7) is 4.87. The second-order valence-electron chi connectivity index (χ2n) is 7.53. The van der Waals surface area contributed by atoms with Crippen molar-refractivity contribution >= 4 is 11.6 Å². The van der Waals surface area contributed by atoms with E-state index in [0.29, 0.717) is 24.0 Å². The Morgan fingerprint density at radius 3 is 2.37 bits per heavy atom. The van der Waals surface area contributed by atoms with E-state index in [1.165, 1.54) is 11.1 Å². The summed E-state index contributed by atoms with van der Waals surface area (Å²) < 4.78 is 11.4. The Kier molecular flexibility index (Phi) is 7.90. The van der Waals surface area contributed by atoms with Crippen molar-refractivity contribution in [2.75, 3.05) is 18.5 Å². The lowest BCUT2D eigenvalue weighted by atomic mass is 10.0. The van der Waals surface area contributed by atoms with Crippen LogP contribution in [0, 0.1) is 0 Å². The van der Waals surface area contributed by atoms with Crippen LogP contribution in [0.15, 0.2) is 78.9 Å². The number of carbonyl (C=O) groups is 1. The molecule has 0 spiro atoms. The fraction of sp³-hybridized carbons (Fsp3) is 0.269. The summed E-state index contributed by atoms with van der Waals surface area (Å²) in [5, 5.41) is 2.85. The van der Waals surface area contributed by atoms with Gasteiger partial charge in [-0.05, 0) is 54.2 Å². The molecule has 156 valence electrons. The van der Waals surface area contributed by atoms with Crippen LogP contribution in [-0.2, 0) is 11.2 Å². The van der Waals surface area contributed by atoms with Gasteiger partial charge in [-0.15, -0.1) is 0 Å². The summed E-state index contributed by atoms with van der Waals surface area (Å²) in [7, 11) is 0. The molecule has 1 amide bonds. The minimum Gasteiger partial charge on any atom is -0.494 e. The molecular formula is C26H29NO3. The Labute approximate surface area is 178 Å². The van der Waals surface area contributed by atoms with Gasteiger partial charge >= 0.3 is 0 Å². The number of anilines is 1. The van der Waals surface area contributed by atoms with Crippen molar-refractivity contribution in [3.8, 4) is 11.5 Å². The van der Waals surface area contributed by atoms with E-state index < -0.39 is 0 Å². The van der Waals surface area contributed by atoms with E-state index in [2.05, 4.69) is 31.3 Å². The zero-order chi connectivity index (χ0) is 21.2. The molecule has 0 saturated heterocycles. The predicted octanol–water partition coefficient (Wildman–Crippen LogP) is 5.84. The maximum absolute atomic E-state index is 12.2. The molecule has 0 bridgehead atoms. The largest absolute Gasteiger partial charge is 0.494 e. The van der Waals surface area contributed by atoms with Crippen molar-refractivity contribution in [1.29, 1.82) is 0 Å². The van der Waals surface area contributed by atoms with Gasteiger partial charge in [-0.25, -0.2) is 0 Å². The van der Waals surface area contributed by atoms with E-state index in [1.54, 1.807) is 0 Å². The van der Waals surface area contributed by atoms with Crippen LogP contribution in [0.25, 0.3) is 0 Å². The summed E-state index contributed by atoms with van der Waals surface area (Å²) in [4.78, 5) is 12.2. The van der Waals surface area contributed by atoms with Gasteiger partial charge in [-0.2, -0.15) is 0 Å². The highest BCUT2D eigenvalue weighted by molar-refractivity contribution is 5.92. The molecule has 3 aromatic carbocycles. The van der Waals surface area contributed by atoms with Gasteiger partial charge in [0.15, 0.2) is 6.61 Å². The summed E-state index contributed by atoms with van der Waals surface area (Å²) in [5.41, 5.74) is 3.24. The first kappa shape index (κ1) is 21.4. The Morgan fingerprint density at radius 2 is 1.63 bits per heavy atom. The Balaban J connectivity index is 1.42. The first-order valence-corrected chi connectivity index (χ1v) is 10.4. The molecule has 4 nitrogen and oxygen atoms in total. The van der Waals surface area contributed by atoms with Crippen molar-refractivity contribution < 1.29 is 14.3 Å². The maximum Gasteiger partial charge on any atom is 0.262 e. The van der Waals surface area contributed by atoms with Crippen molar-refractivity contribution in [2.45, 2.75) is 32.6 Å². The number of amides is 1. The minimum absolute atomic E-state index is 0.0385. The average Bonchev–Trinajstić information content (AvgIpc) is 2.76. The van der Waals surface area contributed by atoms with Crippen LogP contribution >= 0.6 is 0 Å². The fourth-order valence-electron chi connectivity index (χ4n) is 3.07. The monoisotopic (exact) mass is 403 g/mol. The predicted molar refractivity (Wildman–Crippen MR) is 121 cm³/mol. The van der Waals surface area contributed by atoms with Gasteiger partial charge in [-0.1, -0.05) is 62.4 Å². The molecule has 0 saturated carbocycles. The van der Waals surface area contributed by atoms with E-state index in [0.717, 1.165) is 18.6 Å². The molecular weight excluding hydrogens is 374 g/mol. The summed E-state index contributed by atoms with van der Waals surface area (Å²) in [5.74, 6) is 1.69. The number of hydrogen-bond acceptors (Lipinski definition) is 3. The number of rotatable bonds is 10.